The maximum Gasteiger partial charge on any atom is 0.449 e. The van der Waals surface area contributed by atoms with Crippen molar-refractivity contribution in [3.63, 3.8) is 0 Å². The molecule has 1 atom stereocenters. The maximum absolute atomic E-state index is 14.2. The molecule has 0 aliphatic carbocycles. The summed E-state index contributed by atoms with van der Waals surface area (Å²) in [4.78, 5) is 12.3. The highest BCUT2D eigenvalue weighted by molar-refractivity contribution is 7.89. The molecular weight excluding hydrogens is 575 g/mol. The Labute approximate surface area is 250 Å². The number of alkyl halides is 3. The number of aryl methyl sites for hydroxylation is 1. The number of halogens is 3. The summed E-state index contributed by atoms with van der Waals surface area (Å²) in [7, 11) is 0. The summed E-state index contributed by atoms with van der Waals surface area (Å²) in [6.07, 6.45) is -4.62. The first-order chi connectivity index (χ1) is 20.3. The van der Waals surface area contributed by atoms with Crippen molar-refractivity contribution >= 4 is 28.1 Å². The van der Waals surface area contributed by atoms with Crippen molar-refractivity contribution in [3.8, 4) is 11.1 Å². The van der Waals surface area contributed by atoms with Crippen molar-refractivity contribution in [1.82, 2.24) is 4.31 Å². The number of carbonyl (C=O) groups is 1. The molecule has 5 nitrogen and oxygen atoms in total. The highest BCUT2D eigenvalue weighted by atomic mass is 32.2. The summed E-state index contributed by atoms with van der Waals surface area (Å²) in [5.41, 5.74) is 2.92. The van der Waals surface area contributed by atoms with Crippen LogP contribution in [0.2, 0.25) is 0 Å². The lowest BCUT2D eigenvalue weighted by atomic mass is 9.83. The lowest BCUT2D eigenvalue weighted by Gasteiger charge is -2.25. The minimum absolute atomic E-state index is 0.0491. The highest BCUT2D eigenvalue weighted by Crippen LogP contribution is 2.34. The molecule has 5 aromatic rings. The van der Waals surface area contributed by atoms with Gasteiger partial charge < -0.3 is 14.1 Å². The number of hydrogen-bond acceptors (Lipinski definition) is 4. The molecule has 0 radical (unpaired) electrons. The molecule has 43 heavy (non-hydrogen) atoms. The Balaban J connectivity index is 1.47. The predicted molar refractivity (Wildman–Crippen MR) is 161 cm³/mol. The number of nitrogens with zero attached hydrogens (tertiary/aromatic N) is 1. The summed E-state index contributed by atoms with van der Waals surface area (Å²) in [5.74, 6) is -1.98. The van der Waals surface area contributed by atoms with Crippen LogP contribution in [0.1, 0.15) is 42.1 Å². The quantitative estimate of drug-likeness (QED) is 0.171. The molecule has 4 aromatic carbocycles. The summed E-state index contributed by atoms with van der Waals surface area (Å²) < 4.78 is 60.6. The second-order valence-electron chi connectivity index (χ2n) is 11.0. The third kappa shape index (κ3) is 6.49. The average molecular weight is 606 g/mol. The standard InChI is InChI=1S/C34H30F3NO4S/c1-22-11-14-25-7-4-5-10-29(25)31(22)43(41)38(21-28-17-18-30(42-28)34(35,36)37)20-23-12-15-24(16-13-23)26-8-6-9-27(19-26)33(2,3)32(39)40/h4-19H,20-21H2,1-3H3,(H,39,40). The zero-order valence-electron chi connectivity index (χ0n) is 23.8. The van der Waals surface area contributed by atoms with Crippen molar-refractivity contribution in [3.05, 3.63) is 125 Å². The van der Waals surface area contributed by atoms with Crippen LogP contribution in [-0.2, 0) is 40.8 Å². The molecule has 0 fully saturated rings. The minimum atomic E-state index is -4.62. The van der Waals surface area contributed by atoms with Crippen LogP contribution in [0.5, 0.6) is 0 Å². The zero-order valence-corrected chi connectivity index (χ0v) is 24.6. The van der Waals surface area contributed by atoms with E-state index in [0.29, 0.717) is 10.5 Å². The Morgan fingerprint density at radius 2 is 1.60 bits per heavy atom. The van der Waals surface area contributed by atoms with Crippen molar-refractivity contribution in [2.45, 2.75) is 50.3 Å². The first kappa shape index (κ1) is 30.4. The van der Waals surface area contributed by atoms with Gasteiger partial charge in [0.2, 0.25) is 5.76 Å². The van der Waals surface area contributed by atoms with Crippen LogP contribution in [0.25, 0.3) is 21.9 Å². The normalized spacial score (nSPS) is 13.0. The number of rotatable bonds is 9. The number of hydrogen-bond donors (Lipinski definition) is 1. The van der Waals surface area contributed by atoms with Gasteiger partial charge in [0, 0.05) is 10.9 Å². The van der Waals surface area contributed by atoms with Gasteiger partial charge in [0.15, 0.2) is 4.90 Å². The molecule has 1 unspecified atom stereocenters. The van der Waals surface area contributed by atoms with Gasteiger partial charge in [-0.25, -0.2) is 0 Å². The van der Waals surface area contributed by atoms with E-state index in [4.69, 9.17) is 4.42 Å². The van der Waals surface area contributed by atoms with Gasteiger partial charge in [-0.1, -0.05) is 78.9 Å². The fraction of sp³-hybridized carbons (Fsp3) is 0.206. The first-order valence-corrected chi connectivity index (χ1v) is 14.7. The van der Waals surface area contributed by atoms with Gasteiger partial charge in [0.1, 0.15) is 12.3 Å². The summed E-state index contributed by atoms with van der Waals surface area (Å²) in [5, 5.41) is 11.3. The second kappa shape index (κ2) is 11.9. The number of aliphatic carboxylic acids is 1. The molecule has 0 saturated heterocycles. The lowest BCUT2D eigenvalue weighted by molar-refractivity contribution is -0.153. The molecule has 0 spiro atoms. The third-order valence-electron chi connectivity index (χ3n) is 7.52. The third-order valence-corrected chi connectivity index (χ3v) is 9.14. The van der Waals surface area contributed by atoms with E-state index in [-0.39, 0.29) is 18.8 Å². The number of fused-ring (bicyclic) bond motifs is 1. The molecule has 222 valence electrons. The Kier molecular flexibility index (Phi) is 8.42. The van der Waals surface area contributed by atoms with Crippen molar-refractivity contribution in [2.75, 3.05) is 0 Å². The van der Waals surface area contributed by atoms with E-state index in [1.807, 2.05) is 85.8 Å². The maximum atomic E-state index is 14.2. The van der Waals surface area contributed by atoms with Gasteiger partial charge in [-0.2, -0.15) is 13.2 Å². The Morgan fingerprint density at radius 3 is 2.28 bits per heavy atom. The van der Waals surface area contributed by atoms with Gasteiger partial charge in [-0.15, -0.1) is 4.31 Å². The number of carboxylic acid groups (broad SMARTS) is 1. The molecule has 1 aromatic heterocycles. The molecule has 0 aliphatic rings. The minimum Gasteiger partial charge on any atom is -0.593 e. The molecular formula is C34H30F3NO4S. The number of furan rings is 1. The summed E-state index contributed by atoms with van der Waals surface area (Å²) >= 11 is -1.74. The van der Waals surface area contributed by atoms with Gasteiger partial charge in [0.25, 0.3) is 0 Å². The van der Waals surface area contributed by atoms with Gasteiger partial charge >= 0.3 is 12.1 Å². The van der Waals surface area contributed by atoms with Gasteiger partial charge in [-0.3, -0.25) is 4.79 Å². The van der Waals surface area contributed by atoms with Crippen LogP contribution < -0.4 is 0 Å². The molecule has 1 N–H and O–H groups in total. The topological polar surface area (TPSA) is 76.7 Å². The van der Waals surface area contributed by atoms with Crippen LogP contribution in [-0.4, -0.2) is 19.9 Å². The second-order valence-corrected chi connectivity index (χ2v) is 12.4. The molecule has 5 rings (SSSR count). The predicted octanol–water partition coefficient (Wildman–Crippen LogP) is 8.51. The van der Waals surface area contributed by atoms with Gasteiger partial charge in [-0.05, 0) is 66.6 Å². The molecule has 0 saturated carbocycles. The van der Waals surface area contributed by atoms with Crippen LogP contribution in [0.3, 0.4) is 0 Å². The first-order valence-electron chi connectivity index (χ1n) is 13.6. The smallest absolute Gasteiger partial charge is 0.449 e. The van der Waals surface area contributed by atoms with Crippen molar-refractivity contribution in [2.24, 2.45) is 0 Å². The monoisotopic (exact) mass is 605 g/mol. The highest BCUT2D eigenvalue weighted by Gasteiger charge is 2.36. The average Bonchev–Trinajstić information content (AvgIpc) is 3.46. The van der Waals surface area contributed by atoms with E-state index in [9.17, 15) is 27.6 Å². The molecule has 9 heteroatoms. The molecule has 0 bridgehead atoms. The Bertz CT molecular complexity index is 1760. The fourth-order valence-electron chi connectivity index (χ4n) is 4.89. The SMILES string of the molecule is Cc1ccc2ccccc2c1[S+]([O-])N(Cc1ccc(-c2cccc(C(C)(C)C(=O)O)c2)cc1)Cc1ccc(C(F)(F)F)o1. The summed E-state index contributed by atoms with van der Waals surface area (Å²) in [6.45, 7) is 5.23. The number of benzene rings is 4. The van der Waals surface area contributed by atoms with E-state index < -0.39 is 34.7 Å². The van der Waals surface area contributed by atoms with Gasteiger partial charge in [0.05, 0.1) is 23.3 Å². The van der Waals surface area contributed by atoms with Crippen molar-refractivity contribution in [1.29, 1.82) is 0 Å². The fourth-order valence-corrected chi connectivity index (χ4v) is 6.38. The largest absolute Gasteiger partial charge is 0.593 e. The van der Waals surface area contributed by atoms with E-state index in [1.54, 1.807) is 24.2 Å². The summed E-state index contributed by atoms with van der Waals surface area (Å²) in [6, 6.07) is 28.4. The van der Waals surface area contributed by atoms with E-state index in [0.717, 1.165) is 39.1 Å². The molecule has 0 amide bonds. The van der Waals surface area contributed by atoms with Crippen LogP contribution in [0.15, 0.2) is 106 Å². The van der Waals surface area contributed by atoms with E-state index in [1.165, 1.54) is 6.07 Å². The number of carboxylic acids is 1. The molecule has 1 heterocycles. The Hall–Kier alpha value is -4.05. The molecule has 0 aliphatic heterocycles. The van der Waals surface area contributed by atoms with Crippen LogP contribution in [0, 0.1) is 6.92 Å². The van der Waals surface area contributed by atoms with E-state index in [2.05, 4.69) is 0 Å². The van der Waals surface area contributed by atoms with Crippen molar-refractivity contribution < 1.29 is 32.0 Å². The van der Waals surface area contributed by atoms with Crippen LogP contribution in [0.4, 0.5) is 13.2 Å². The van der Waals surface area contributed by atoms with E-state index >= 15 is 0 Å². The lowest BCUT2D eigenvalue weighted by Crippen LogP contribution is -2.31. The Morgan fingerprint density at radius 1 is 0.884 bits per heavy atom. The van der Waals surface area contributed by atoms with Crippen LogP contribution >= 0.6 is 0 Å². The zero-order chi connectivity index (χ0) is 30.9.